The predicted octanol–water partition coefficient (Wildman–Crippen LogP) is 3.80. The number of rotatable bonds is 7. The summed E-state index contributed by atoms with van der Waals surface area (Å²) in [4.78, 5) is 36.1. The van der Waals surface area contributed by atoms with Gasteiger partial charge in [-0.05, 0) is 41.3 Å². The number of benzene rings is 2. The molecule has 0 saturated carbocycles. The molecule has 0 aliphatic rings. The van der Waals surface area contributed by atoms with Crippen LogP contribution in [0, 0.1) is 0 Å². The molecule has 0 aliphatic carbocycles. The van der Waals surface area contributed by atoms with Crippen LogP contribution >= 0.6 is 11.6 Å². The molecule has 0 fully saturated rings. The monoisotopic (exact) mass is 417 g/mol. The van der Waals surface area contributed by atoms with Crippen molar-refractivity contribution in [2.45, 2.75) is 26.2 Å². The molecule has 0 aliphatic heterocycles. The van der Waals surface area contributed by atoms with Gasteiger partial charge in [0.2, 0.25) is 0 Å². The molecule has 1 amide bonds. The van der Waals surface area contributed by atoms with E-state index in [0.717, 1.165) is 5.56 Å². The van der Waals surface area contributed by atoms with Crippen LogP contribution in [0.5, 0.6) is 5.75 Å². The fourth-order valence-electron chi connectivity index (χ4n) is 2.50. The van der Waals surface area contributed by atoms with E-state index in [1.54, 1.807) is 18.2 Å². The summed E-state index contributed by atoms with van der Waals surface area (Å²) in [5, 5.41) is 2.77. The average Bonchev–Trinajstić information content (AvgIpc) is 2.69. The Balaban J connectivity index is 1.82. The van der Waals surface area contributed by atoms with E-state index in [1.165, 1.54) is 19.2 Å². The van der Waals surface area contributed by atoms with E-state index in [-0.39, 0.29) is 17.0 Å². The Morgan fingerprint density at radius 1 is 1.00 bits per heavy atom. The highest BCUT2D eigenvalue weighted by atomic mass is 35.5. The third-order valence-corrected chi connectivity index (χ3v) is 4.54. The van der Waals surface area contributed by atoms with E-state index < -0.39 is 24.3 Å². The quantitative estimate of drug-likeness (QED) is 0.547. The molecule has 0 atom stereocenters. The molecule has 154 valence electrons. The lowest BCUT2D eigenvalue weighted by atomic mass is 9.87. The zero-order chi connectivity index (χ0) is 21.6. The SMILES string of the molecule is COc1ccc(C(=O)COC(=O)CNC(=O)c2ccc(C(C)(C)C)cc2)cc1Cl. The van der Waals surface area contributed by atoms with Gasteiger partial charge in [-0.15, -0.1) is 0 Å². The van der Waals surface area contributed by atoms with Gasteiger partial charge in [0.1, 0.15) is 12.3 Å². The number of hydrogen-bond donors (Lipinski definition) is 1. The van der Waals surface area contributed by atoms with Crippen LogP contribution in [0.2, 0.25) is 5.02 Å². The predicted molar refractivity (Wildman–Crippen MR) is 111 cm³/mol. The van der Waals surface area contributed by atoms with Crippen molar-refractivity contribution in [3.05, 3.63) is 64.2 Å². The van der Waals surface area contributed by atoms with Crippen LogP contribution in [-0.2, 0) is 14.9 Å². The fourth-order valence-corrected chi connectivity index (χ4v) is 2.75. The van der Waals surface area contributed by atoms with Gasteiger partial charge in [0.15, 0.2) is 12.4 Å². The molecule has 2 aromatic rings. The first-order valence-corrected chi connectivity index (χ1v) is 9.40. The van der Waals surface area contributed by atoms with E-state index in [2.05, 4.69) is 26.1 Å². The summed E-state index contributed by atoms with van der Waals surface area (Å²) in [5.41, 5.74) is 1.83. The first kappa shape index (κ1) is 22.4. The maximum absolute atomic E-state index is 12.2. The maximum Gasteiger partial charge on any atom is 0.325 e. The molecule has 7 heteroatoms. The van der Waals surface area contributed by atoms with Crippen molar-refractivity contribution in [2.24, 2.45) is 0 Å². The molecule has 0 bridgehead atoms. The van der Waals surface area contributed by atoms with Crippen molar-refractivity contribution in [3.63, 3.8) is 0 Å². The highest BCUT2D eigenvalue weighted by Crippen LogP contribution is 2.25. The molecule has 0 aromatic heterocycles. The first-order chi connectivity index (χ1) is 13.6. The standard InChI is InChI=1S/C22H24ClNO5/c1-22(2,3)16-8-5-14(6-9-16)21(27)24-12-20(26)29-13-18(25)15-7-10-19(28-4)17(23)11-15/h5-11H,12-13H2,1-4H3,(H,24,27). The average molecular weight is 418 g/mol. The lowest BCUT2D eigenvalue weighted by Crippen LogP contribution is -2.31. The van der Waals surface area contributed by atoms with Crippen molar-refractivity contribution in [3.8, 4) is 5.75 Å². The van der Waals surface area contributed by atoms with Gasteiger partial charge in [0.05, 0.1) is 12.1 Å². The highest BCUT2D eigenvalue weighted by molar-refractivity contribution is 6.32. The number of carbonyl (C=O) groups excluding carboxylic acids is 3. The van der Waals surface area contributed by atoms with Gasteiger partial charge >= 0.3 is 5.97 Å². The number of ether oxygens (including phenoxy) is 2. The summed E-state index contributed by atoms with van der Waals surface area (Å²) in [5.74, 6) is -1.07. The molecule has 0 spiro atoms. The number of methoxy groups -OCH3 is 1. The molecule has 6 nitrogen and oxygen atoms in total. The van der Waals surface area contributed by atoms with Crippen LogP contribution in [0.3, 0.4) is 0 Å². The number of nitrogens with one attached hydrogen (secondary N) is 1. The molecular formula is C22H24ClNO5. The minimum atomic E-state index is -0.711. The molecule has 0 saturated heterocycles. The third-order valence-electron chi connectivity index (χ3n) is 4.24. The summed E-state index contributed by atoms with van der Waals surface area (Å²) in [6.07, 6.45) is 0. The largest absolute Gasteiger partial charge is 0.495 e. The minimum absolute atomic E-state index is 0.0144. The lowest BCUT2D eigenvalue weighted by molar-refractivity contribution is -0.141. The Kier molecular flexibility index (Phi) is 7.40. The van der Waals surface area contributed by atoms with Gasteiger partial charge in [-0.1, -0.05) is 44.5 Å². The topological polar surface area (TPSA) is 81.7 Å². The number of carbonyl (C=O) groups is 3. The van der Waals surface area contributed by atoms with E-state index in [0.29, 0.717) is 16.9 Å². The number of halogens is 1. The van der Waals surface area contributed by atoms with Crippen molar-refractivity contribution in [1.82, 2.24) is 5.32 Å². The van der Waals surface area contributed by atoms with Crippen molar-refractivity contribution >= 4 is 29.3 Å². The zero-order valence-electron chi connectivity index (χ0n) is 16.9. The number of amides is 1. The van der Waals surface area contributed by atoms with Crippen LogP contribution in [0.4, 0.5) is 0 Å². The van der Waals surface area contributed by atoms with E-state index in [1.807, 2.05) is 12.1 Å². The van der Waals surface area contributed by atoms with Crippen molar-refractivity contribution in [1.29, 1.82) is 0 Å². The van der Waals surface area contributed by atoms with Crippen molar-refractivity contribution < 1.29 is 23.9 Å². The number of hydrogen-bond acceptors (Lipinski definition) is 5. The van der Waals surface area contributed by atoms with Crippen LogP contribution in [0.15, 0.2) is 42.5 Å². The van der Waals surface area contributed by atoms with Crippen LogP contribution in [0.25, 0.3) is 0 Å². The molecule has 2 rings (SSSR count). The number of ketones is 1. The third kappa shape index (κ3) is 6.32. The Morgan fingerprint density at radius 3 is 2.17 bits per heavy atom. The van der Waals surface area contributed by atoms with Gasteiger partial charge < -0.3 is 14.8 Å². The van der Waals surface area contributed by atoms with Gasteiger partial charge in [0, 0.05) is 11.1 Å². The smallest absolute Gasteiger partial charge is 0.325 e. The maximum atomic E-state index is 12.2. The molecule has 1 N–H and O–H groups in total. The highest BCUT2D eigenvalue weighted by Gasteiger charge is 2.16. The number of Topliss-reactive ketones (excluding diaryl/α,β-unsaturated/α-hetero) is 1. The van der Waals surface area contributed by atoms with Crippen LogP contribution in [-0.4, -0.2) is 37.9 Å². The van der Waals surface area contributed by atoms with Gasteiger partial charge in [-0.2, -0.15) is 0 Å². The molecule has 0 radical (unpaired) electrons. The number of esters is 1. The molecule has 0 heterocycles. The molecule has 2 aromatic carbocycles. The Hall–Kier alpha value is -2.86. The van der Waals surface area contributed by atoms with E-state index in [4.69, 9.17) is 21.1 Å². The Labute approximate surface area is 175 Å². The summed E-state index contributed by atoms with van der Waals surface area (Å²) < 4.78 is 9.95. The van der Waals surface area contributed by atoms with Crippen molar-refractivity contribution in [2.75, 3.05) is 20.3 Å². The Morgan fingerprint density at radius 2 is 1.62 bits per heavy atom. The van der Waals surface area contributed by atoms with Gasteiger partial charge in [-0.25, -0.2) is 0 Å². The molecule has 0 unspecified atom stereocenters. The second-order valence-corrected chi connectivity index (χ2v) is 7.85. The summed E-state index contributed by atoms with van der Waals surface area (Å²) in [6.45, 7) is 5.46. The van der Waals surface area contributed by atoms with Crippen LogP contribution < -0.4 is 10.1 Å². The summed E-state index contributed by atoms with van der Waals surface area (Å²) in [7, 11) is 1.47. The Bertz CT molecular complexity index is 900. The second-order valence-electron chi connectivity index (χ2n) is 7.44. The minimum Gasteiger partial charge on any atom is -0.495 e. The molecular weight excluding hydrogens is 394 g/mol. The van der Waals surface area contributed by atoms with Gasteiger partial charge in [-0.3, -0.25) is 14.4 Å². The molecule has 29 heavy (non-hydrogen) atoms. The van der Waals surface area contributed by atoms with Gasteiger partial charge in [0.25, 0.3) is 5.91 Å². The lowest BCUT2D eigenvalue weighted by Gasteiger charge is -2.19. The van der Waals surface area contributed by atoms with Crippen LogP contribution in [0.1, 0.15) is 47.1 Å². The van der Waals surface area contributed by atoms with E-state index in [9.17, 15) is 14.4 Å². The summed E-state index contributed by atoms with van der Waals surface area (Å²) >= 11 is 5.98. The van der Waals surface area contributed by atoms with E-state index >= 15 is 0 Å². The summed E-state index contributed by atoms with van der Waals surface area (Å²) in [6, 6.07) is 11.7. The first-order valence-electron chi connectivity index (χ1n) is 9.03. The normalized spacial score (nSPS) is 10.9. The second kappa shape index (κ2) is 9.56. The zero-order valence-corrected chi connectivity index (χ0v) is 17.6. The fraction of sp³-hybridized carbons (Fsp3) is 0.318.